The molecule has 1 N–H and O–H groups in total. The van der Waals surface area contributed by atoms with Crippen LogP contribution in [0.3, 0.4) is 0 Å². The normalized spacial score (nSPS) is 11.4. The van der Waals surface area contributed by atoms with Crippen molar-refractivity contribution in [1.29, 1.82) is 0 Å². The highest BCUT2D eigenvalue weighted by atomic mass is 32.2. The van der Waals surface area contributed by atoms with Crippen LogP contribution in [0.15, 0.2) is 41.3 Å². The Bertz CT molecular complexity index is 743. The van der Waals surface area contributed by atoms with E-state index in [1.165, 1.54) is 6.92 Å². The summed E-state index contributed by atoms with van der Waals surface area (Å²) >= 11 is 0. The average Bonchev–Trinajstić information content (AvgIpc) is 2.36. The van der Waals surface area contributed by atoms with Gasteiger partial charge < -0.3 is 0 Å². The predicted molar refractivity (Wildman–Crippen MR) is 68.3 cm³/mol. The Morgan fingerprint density at radius 1 is 0.950 bits per heavy atom. The van der Waals surface area contributed by atoms with Crippen LogP contribution >= 0.6 is 0 Å². The first-order valence-electron chi connectivity index (χ1n) is 5.53. The molecule has 0 bridgehead atoms. The van der Waals surface area contributed by atoms with E-state index in [0.717, 1.165) is 36.4 Å². The number of nitrogens with one attached hydrogen (secondary N) is 1. The molecule has 7 heteroatoms. The fourth-order valence-corrected chi connectivity index (χ4v) is 2.60. The molecule has 0 aliphatic heterocycles. The minimum atomic E-state index is -4.11. The lowest BCUT2D eigenvalue weighted by atomic mass is 10.2. The van der Waals surface area contributed by atoms with Gasteiger partial charge in [0.1, 0.15) is 17.5 Å². The molecule has 0 aliphatic carbocycles. The molecule has 0 radical (unpaired) electrons. The molecular formula is C13H10F3NO2S. The summed E-state index contributed by atoms with van der Waals surface area (Å²) < 4.78 is 65.5. The van der Waals surface area contributed by atoms with Crippen molar-refractivity contribution < 1.29 is 21.6 Å². The topological polar surface area (TPSA) is 46.2 Å². The zero-order valence-electron chi connectivity index (χ0n) is 10.3. The van der Waals surface area contributed by atoms with E-state index >= 15 is 0 Å². The fraction of sp³-hybridized carbons (Fsp3) is 0.0769. The van der Waals surface area contributed by atoms with Crippen molar-refractivity contribution in [3.05, 3.63) is 59.4 Å². The molecular weight excluding hydrogens is 291 g/mol. The van der Waals surface area contributed by atoms with Gasteiger partial charge in [-0.2, -0.15) is 0 Å². The average molecular weight is 301 g/mol. The van der Waals surface area contributed by atoms with E-state index < -0.39 is 33.2 Å². The Labute approximate surface area is 114 Å². The van der Waals surface area contributed by atoms with Gasteiger partial charge in [0.05, 0.1) is 10.6 Å². The molecule has 20 heavy (non-hydrogen) atoms. The van der Waals surface area contributed by atoms with Gasteiger partial charge in [-0.3, -0.25) is 4.72 Å². The highest BCUT2D eigenvalue weighted by Crippen LogP contribution is 2.22. The smallest absolute Gasteiger partial charge is 0.261 e. The van der Waals surface area contributed by atoms with Crippen molar-refractivity contribution in [2.45, 2.75) is 11.8 Å². The van der Waals surface area contributed by atoms with Crippen LogP contribution in [0.1, 0.15) is 5.56 Å². The van der Waals surface area contributed by atoms with E-state index in [2.05, 4.69) is 0 Å². The number of anilines is 1. The van der Waals surface area contributed by atoms with Gasteiger partial charge in [-0.25, -0.2) is 21.6 Å². The SMILES string of the molecule is Cc1cc(F)c(NS(=O)(=O)c2ccc(F)cc2)cc1F. The van der Waals surface area contributed by atoms with Gasteiger partial charge in [-0.05, 0) is 42.8 Å². The van der Waals surface area contributed by atoms with E-state index in [0.29, 0.717) is 0 Å². The Kier molecular flexibility index (Phi) is 3.71. The molecule has 0 spiro atoms. The van der Waals surface area contributed by atoms with Crippen LogP contribution in [0.5, 0.6) is 0 Å². The summed E-state index contributed by atoms with van der Waals surface area (Å²) in [5.74, 6) is -2.23. The quantitative estimate of drug-likeness (QED) is 0.946. The van der Waals surface area contributed by atoms with Crippen LogP contribution in [0.2, 0.25) is 0 Å². The molecule has 2 aromatic rings. The second kappa shape index (κ2) is 5.16. The third-order valence-corrected chi connectivity index (χ3v) is 4.00. The van der Waals surface area contributed by atoms with E-state index in [1.54, 1.807) is 0 Å². The molecule has 2 rings (SSSR count). The first-order chi connectivity index (χ1) is 9.29. The maximum Gasteiger partial charge on any atom is 0.261 e. The number of rotatable bonds is 3. The van der Waals surface area contributed by atoms with Gasteiger partial charge in [-0.1, -0.05) is 0 Å². The molecule has 0 aromatic heterocycles. The van der Waals surface area contributed by atoms with Gasteiger partial charge in [0.25, 0.3) is 10.0 Å². The maximum absolute atomic E-state index is 13.6. The fourth-order valence-electron chi connectivity index (χ4n) is 1.54. The highest BCUT2D eigenvalue weighted by molar-refractivity contribution is 7.92. The lowest BCUT2D eigenvalue weighted by molar-refractivity contribution is 0.590. The molecule has 0 atom stereocenters. The Hall–Kier alpha value is -2.02. The minimum absolute atomic E-state index is 0.0623. The van der Waals surface area contributed by atoms with Crippen LogP contribution in [0, 0.1) is 24.4 Å². The summed E-state index contributed by atoms with van der Waals surface area (Å²) in [5, 5.41) is 0. The second-order valence-electron chi connectivity index (χ2n) is 4.14. The summed E-state index contributed by atoms with van der Waals surface area (Å²) in [6.45, 7) is 1.36. The van der Waals surface area contributed by atoms with Crippen LogP contribution in [-0.2, 0) is 10.0 Å². The number of aryl methyl sites for hydroxylation is 1. The molecule has 0 saturated heterocycles. The lowest BCUT2D eigenvalue weighted by Gasteiger charge is -2.10. The summed E-state index contributed by atoms with van der Waals surface area (Å²) in [6, 6.07) is 5.62. The van der Waals surface area contributed by atoms with Crippen LogP contribution in [-0.4, -0.2) is 8.42 Å². The summed E-state index contributed by atoms with van der Waals surface area (Å²) in [7, 11) is -4.11. The molecule has 0 unspecified atom stereocenters. The van der Waals surface area contributed by atoms with Gasteiger partial charge in [0.15, 0.2) is 0 Å². The second-order valence-corrected chi connectivity index (χ2v) is 5.82. The number of hydrogen-bond acceptors (Lipinski definition) is 2. The van der Waals surface area contributed by atoms with Crippen molar-refractivity contribution in [2.24, 2.45) is 0 Å². The standard InChI is InChI=1S/C13H10F3NO2S/c1-8-6-12(16)13(7-11(8)15)17-20(18,19)10-4-2-9(14)3-5-10/h2-7,17H,1H3. The minimum Gasteiger partial charge on any atom is -0.277 e. The largest absolute Gasteiger partial charge is 0.277 e. The molecule has 3 nitrogen and oxygen atoms in total. The third-order valence-electron chi connectivity index (χ3n) is 2.62. The molecule has 0 heterocycles. The molecule has 2 aromatic carbocycles. The number of hydrogen-bond donors (Lipinski definition) is 1. The Morgan fingerprint density at radius 2 is 1.55 bits per heavy atom. The number of halogens is 3. The van der Waals surface area contributed by atoms with E-state index in [-0.39, 0.29) is 10.5 Å². The van der Waals surface area contributed by atoms with Gasteiger partial charge in [0, 0.05) is 6.07 Å². The first kappa shape index (κ1) is 14.4. The highest BCUT2D eigenvalue weighted by Gasteiger charge is 2.17. The maximum atomic E-state index is 13.6. The van der Waals surface area contributed by atoms with Crippen molar-refractivity contribution in [1.82, 2.24) is 0 Å². The van der Waals surface area contributed by atoms with E-state index in [4.69, 9.17) is 0 Å². The molecule has 0 saturated carbocycles. The van der Waals surface area contributed by atoms with Gasteiger partial charge in [-0.15, -0.1) is 0 Å². The monoisotopic (exact) mass is 301 g/mol. The predicted octanol–water partition coefficient (Wildman–Crippen LogP) is 3.21. The van der Waals surface area contributed by atoms with Crippen molar-refractivity contribution in [3.63, 3.8) is 0 Å². The zero-order valence-corrected chi connectivity index (χ0v) is 11.1. The van der Waals surface area contributed by atoms with Crippen LogP contribution in [0.25, 0.3) is 0 Å². The molecule has 0 amide bonds. The molecule has 0 aliphatic rings. The van der Waals surface area contributed by atoms with Crippen molar-refractivity contribution in [3.8, 4) is 0 Å². The summed E-state index contributed by atoms with van der Waals surface area (Å²) in [6.07, 6.45) is 0. The molecule has 106 valence electrons. The van der Waals surface area contributed by atoms with Crippen molar-refractivity contribution >= 4 is 15.7 Å². The summed E-state index contributed by atoms with van der Waals surface area (Å²) in [5.41, 5.74) is -0.440. The van der Waals surface area contributed by atoms with Crippen LogP contribution < -0.4 is 4.72 Å². The Balaban J connectivity index is 2.38. The number of benzene rings is 2. The van der Waals surface area contributed by atoms with Crippen LogP contribution in [0.4, 0.5) is 18.9 Å². The van der Waals surface area contributed by atoms with E-state index in [9.17, 15) is 21.6 Å². The van der Waals surface area contributed by atoms with E-state index in [1.807, 2.05) is 4.72 Å². The van der Waals surface area contributed by atoms with Gasteiger partial charge in [0.2, 0.25) is 0 Å². The Morgan fingerprint density at radius 3 is 2.15 bits per heavy atom. The molecule has 0 fully saturated rings. The van der Waals surface area contributed by atoms with Gasteiger partial charge >= 0.3 is 0 Å². The first-order valence-corrected chi connectivity index (χ1v) is 7.02. The summed E-state index contributed by atoms with van der Waals surface area (Å²) in [4.78, 5) is -0.251. The lowest BCUT2D eigenvalue weighted by Crippen LogP contribution is -2.14. The zero-order chi connectivity index (χ0) is 14.9. The third kappa shape index (κ3) is 2.93. The number of sulfonamides is 1. The van der Waals surface area contributed by atoms with Crippen molar-refractivity contribution in [2.75, 3.05) is 4.72 Å².